The maximum Gasteiger partial charge on any atom is 0.308 e. The van der Waals surface area contributed by atoms with Crippen molar-refractivity contribution in [3.63, 3.8) is 0 Å². The lowest BCUT2D eigenvalue weighted by Gasteiger charge is -2.14. The fourth-order valence-corrected chi connectivity index (χ4v) is 2.63. The van der Waals surface area contributed by atoms with E-state index >= 15 is 0 Å². The van der Waals surface area contributed by atoms with Crippen LogP contribution in [0, 0.1) is 5.92 Å². The van der Waals surface area contributed by atoms with Crippen molar-refractivity contribution in [1.82, 2.24) is 0 Å². The Morgan fingerprint density at radius 2 is 1.74 bits per heavy atom. The van der Waals surface area contributed by atoms with Crippen molar-refractivity contribution < 1.29 is 9.53 Å². The van der Waals surface area contributed by atoms with E-state index in [0.717, 1.165) is 38.5 Å². The lowest BCUT2D eigenvalue weighted by molar-refractivity contribution is -0.149. The number of hydrogen-bond donors (Lipinski definition) is 0. The third kappa shape index (κ3) is 8.07. The third-order valence-corrected chi connectivity index (χ3v) is 3.82. The van der Waals surface area contributed by atoms with Crippen LogP contribution in [0.1, 0.15) is 77.6 Å². The van der Waals surface area contributed by atoms with Gasteiger partial charge in [0.2, 0.25) is 0 Å². The van der Waals surface area contributed by atoms with Crippen LogP contribution in [0.25, 0.3) is 0 Å². The van der Waals surface area contributed by atoms with Crippen molar-refractivity contribution in [3.05, 3.63) is 12.2 Å². The molecule has 110 valence electrons. The molecule has 19 heavy (non-hydrogen) atoms. The van der Waals surface area contributed by atoms with E-state index in [2.05, 4.69) is 19.1 Å². The quantitative estimate of drug-likeness (QED) is 0.518. The standard InChI is InChI=1S/C17H30O2/c1-2-13-16-14-11-9-7-5-3-4-6-8-10-12-15-19-17(16)18/h5,7,16H,2-4,6,8-15H2,1H3/b7-5-. The van der Waals surface area contributed by atoms with Crippen LogP contribution in [0.15, 0.2) is 12.2 Å². The van der Waals surface area contributed by atoms with Gasteiger partial charge in [-0.3, -0.25) is 4.79 Å². The molecule has 0 spiro atoms. The number of esters is 1. The molecule has 1 aliphatic heterocycles. The van der Waals surface area contributed by atoms with Crippen LogP contribution in [0.3, 0.4) is 0 Å². The molecule has 0 N–H and O–H groups in total. The fourth-order valence-electron chi connectivity index (χ4n) is 2.63. The number of rotatable bonds is 2. The molecule has 1 atom stereocenters. The Morgan fingerprint density at radius 3 is 2.53 bits per heavy atom. The first-order valence-corrected chi connectivity index (χ1v) is 8.16. The van der Waals surface area contributed by atoms with Gasteiger partial charge >= 0.3 is 5.97 Å². The first-order chi connectivity index (χ1) is 9.34. The summed E-state index contributed by atoms with van der Waals surface area (Å²) in [7, 11) is 0. The van der Waals surface area contributed by atoms with E-state index in [4.69, 9.17) is 4.74 Å². The molecule has 1 rings (SSSR count). The van der Waals surface area contributed by atoms with Gasteiger partial charge in [-0.25, -0.2) is 0 Å². The van der Waals surface area contributed by atoms with Crippen LogP contribution >= 0.6 is 0 Å². The Labute approximate surface area is 118 Å². The molecule has 1 heterocycles. The molecule has 0 saturated carbocycles. The molecule has 0 saturated heterocycles. The van der Waals surface area contributed by atoms with Gasteiger partial charge < -0.3 is 4.74 Å². The molecule has 0 bridgehead atoms. The molecular formula is C17H30O2. The van der Waals surface area contributed by atoms with Gasteiger partial charge in [-0.1, -0.05) is 44.8 Å². The average molecular weight is 266 g/mol. The van der Waals surface area contributed by atoms with Crippen molar-refractivity contribution in [1.29, 1.82) is 0 Å². The molecule has 1 aliphatic rings. The van der Waals surface area contributed by atoms with Gasteiger partial charge in [-0.05, 0) is 44.9 Å². The van der Waals surface area contributed by atoms with Gasteiger partial charge in [-0.2, -0.15) is 0 Å². The van der Waals surface area contributed by atoms with Crippen molar-refractivity contribution in [2.75, 3.05) is 6.61 Å². The minimum absolute atomic E-state index is 0.0423. The number of ether oxygens (including phenoxy) is 1. The normalized spacial score (nSPS) is 25.9. The molecule has 0 aromatic carbocycles. The summed E-state index contributed by atoms with van der Waals surface area (Å²) in [5, 5.41) is 0. The maximum atomic E-state index is 12.0. The summed E-state index contributed by atoms with van der Waals surface area (Å²) in [6.45, 7) is 2.76. The molecular weight excluding hydrogens is 236 g/mol. The van der Waals surface area contributed by atoms with Crippen LogP contribution < -0.4 is 0 Å². The zero-order chi connectivity index (χ0) is 13.8. The van der Waals surface area contributed by atoms with Crippen molar-refractivity contribution >= 4 is 5.97 Å². The highest BCUT2D eigenvalue weighted by Crippen LogP contribution is 2.18. The molecule has 0 radical (unpaired) electrons. The Kier molecular flexibility index (Phi) is 9.48. The maximum absolute atomic E-state index is 12.0. The molecule has 0 aromatic heterocycles. The SMILES string of the molecule is CCCC1CCC/C=C\CCCCCCCOC1=O. The highest BCUT2D eigenvalue weighted by atomic mass is 16.5. The average Bonchev–Trinajstić information content (AvgIpc) is 2.42. The van der Waals surface area contributed by atoms with Crippen molar-refractivity contribution in [3.8, 4) is 0 Å². The summed E-state index contributed by atoms with van der Waals surface area (Å²) >= 11 is 0. The van der Waals surface area contributed by atoms with E-state index in [9.17, 15) is 4.79 Å². The van der Waals surface area contributed by atoms with Crippen LogP contribution in [0.2, 0.25) is 0 Å². The molecule has 2 heteroatoms. The zero-order valence-corrected chi connectivity index (χ0v) is 12.5. The van der Waals surface area contributed by atoms with E-state index in [0.29, 0.717) is 6.61 Å². The van der Waals surface area contributed by atoms with Gasteiger partial charge in [0, 0.05) is 0 Å². The van der Waals surface area contributed by atoms with Gasteiger partial charge in [0.1, 0.15) is 0 Å². The molecule has 0 amide bonds. The topological polar surface area (TPSA) is 26.3 Å². The third-order valence-electron chi connectivity index (χ3n) is 3.82. The zero-order valence-electron chi connectivity index (χ0n) is 12.5. The number of allylic oxidation sites excluding steroid dienone is 2. The van der Waals surface area contributed by atoms with Gasteiger partial charge in [0.05, 0.1) is 12.5 Å². The predicted molar refractivity (Wildman–Crippen MR) is 80.1 cm³/mol. The summed E-state index contributed by atoms with van der Waals surface area (Å²) in [5.74, 6) is 0.171. The Hall–Kier alpha value is -0.790. The van der Waals surface area contributed by atoms with E-state index in [1.165, 1.54) is 32.1 Å². The molecule has 0 aliphatic carbocycles. The van der Waals surface area contributed by atoms with E-state index in [-0.39, 0.29) is 11.9 Å². The van der Waals surface area contributed by atoms with Crippen LogP contribution in [0.4, 0.5) is 0 Å². The fraction of sp³-hybridized carbons (Fsp3) is 0.824. The van der Waals surface area contributed by atoms with Crippen LogP contribution in [0.5, 0.6) is 0 Å². The predicted octanol–water partition coefficient (Wildman–Crippen LogP) is 5.03. The van der Waals surface area contributed by atoms with E-state index < -0.39 is 0 Å². The van der Waals surface area contributed by atoms with E-state index in [1.54, 1.807) is 0 Å². The van der Waals surface area contributed by atoms with Gasteiger partial charge in [0.25, 0.3) is 0 Å². The van der Waals surface area contributed by atoms with Crippen LogP contribution in [-0.2, 0) is 9.53 Å². The summed E-state index contributed by atoms with van der Waals surface area (Å²) in [6.07, 6.45) is 17.1. The minimum Gasteiger partial charge on any atom is -0.465 e. The molecule has 1 unspecified atom stereocenters. The molecule has 0 aromatic rings. The molecule has 2 nitrogen and oxygen atoms in total. The number of carbonyl (C=O) groups is 1. The van der Waals surface area contributed by atoms with Crippen LogP contribution in [-0.4, -0.2) is 12.6 Å². The van der Waals surface area contributed by atoms with Crippen molar-refractivity contribution in [2.24, 2.45) is 5.92 Å². The summed E-state index contributed by atoms with van der Waals surface area (Å²) < 4.78 is 5.43. The number of cyclic esters (lactones) is 1. The Bertz CT molecular complexity index is 258. The van der Waals surface area contributed by atoms with E-state index in [1.807, 2.05) is 0 Å². The van der Waals surface area contributed by atoms with Gasteiger partial charge in [0.15, 0.2) is 0 Å². The first-order valence-electron chi connectivity index (χ1n) is 8.16. The summed E-state index contributed by atoms with van der Waals surface area (Å²) in [4.78, 5) is 12.0. The largest absolute Gasteiger partial charge is 0.465 e. The summed E-state index contributed by atoms with van der Waals surface area (Å²) in [6, 6.07) is 0. The Balaban J connectivity index is 2.41. The second-order valence-corrected chi connectivity index (χ2v) is 5.61. The first kappa shape index (κ1) is 16.3. The Morgan fingerprint density at radius 1 is 1.05 bits per heavy atom. The van der Waals surface area contributed by atoms with Gasteiger partial charge in [-0.15, -0.1) is 0 Å². The smallest absolute Gasteiger partial charge is 0.308 e. The number of carbonyl (C=O) groups excluding carboxylic acids is 1. The number of hydrogen-bond acceptors (Lipinski definition) is 2. The lowest BCUT2D eigenvalue weighted by Crippen LogP contribution is -2.18. The second-order valence-electron chi connectivity index (χ2n) is 5.61. The summed E-state index contributed by atoms with van der Waals surface area (Å²) in [5.41, 5.74) is 0. The highest BCUT2D eigenvalue weighted by Gasteiger charge is 2.18. The second kappa shape index (κ2) is 11.1. The molecule has 0 fully saturated rings. The highest BCUT2D eigenvalue weighted by molar-refractivity contribution is 5.72. The monoisotopic (exact) mass is 266 g/mol. The minimum atomic E-state index is 0.0423. The van der Waals surface area contributed by atoms with Crippen molar-refractivity contribution in [2.45, 2.75) is 77.6 Å². The lowest BCUT2D eigenvalue weighted by atomic mass is 9.97.